The number of hydrogen-bond donors (Lipinski definition) is 2. The molecule has 2 N–H and O–H groups in total. The molecule has 0 saturated heterocycles. The predicted octanol–water partition coefficient (Wildman–Crippen LogP) is 3.01. The van der Waals surface area contributed by atoms with Crippen molar-refractivity contribution in [1.82, 2.24) is 4.57 Å². The summed E-state index contributed by atoms with van der Waals surface area (Å²) in [5.74, 6) is -1.52. The molecule has 1 atom stereocenters. The van der Waals surface area contributed by atoms with Crippen molar-refractivity contribution in [3.05, 3.63) is 87.3 Å². The van der Waals surface area contributed by atoms with Gasteiger partial charge in [-0.25, -0.2) is 4.79 Å². The summed E-state index contributed by atoms with van der Waals surface area (Å²) in [5.41, 5.74) is 2.25. The van der Waals surface area contributed by atoms with E-state index in [9.17, 15) is 19.5 Å². The molecule has 2 aromatic carbocycles. The van der Waals surface area contributed by atoms with Crippen LogP contribution in [0.3, 0.4) is 0 Å². The Bertz CT molecular complexity index is 1260. The summed E-state index contributed by atoms with van der Waals surface area (Å²) in [6, 6.07) is 15.3. The number of carboxylic acid groups (broad SMARTS) is 1. The van der Waals surface area contributed by atoms with E-state index < -0.39 is 24.5 Å². The highest BCUT2D eigenvalue weighted by Gasteiger charge is 2.34. The van der Waals surface area contributed by atoms with E-state index in [2.05, 4.69) is 0 Å². The van der Waals surface area contributed by atoms with Gasteiger partial charge in [0.2, 0.25) is 0 Å². The molecule has 0 aliphatic carbocycles. The van der Waals surface area contributed by atoms with Crippen molar-refractivity contribution in [2.24, 2.45) is 0 Å². The first-order valence-corrected chi connectivity index (χ1v) is 10.5. The Morgan fingerprint density at radius 1 is 1.15 bits per heavy atom. The van der Waals surface area contributed by atoms with Crippen molar-refractivity contribution in [2.45, 2.75) is 32.2 Å². The van der Waals surface area contributed by atoms with Gasteiger partial charge in [-0.1, -0.05) is 30.3 Å². The highest BCUT2D eigenvalue weighted by Crippen LogP contribution is 2.40. The number of nitrogens with zero attached hydrogens (tertiary/aromatic N) is 1. The third-order valence-corrected chi connectivity index (χ3v) is 5.66. The number of esters is 1. The molecule has 0 unspecified atom stereocenters. The molecule has 0 fully saturated rings. The molecule has 0 bridgehead atoms. The average molecular weight is 449 g/mol. The molecule has 2 heterocycles. The number of para-hydroxylation sites is 1. The van der Waals surface area contributed by atoms with E-state index in [4.69, 9.17) is 14.6 Å². The summed E-state index contributed by atoms with van der Waals surface area (Å²) < 4.78 is 12.5. The largest absolute Gasteiger partial charge is 0.508 e. The fraction of sp³-hybridized carbons (Fsp3) is 0.240. The number of aromatic hydroxyl groups is 1. The number of aryl methyl sites for hydroxylation is 2. The van der Waals surface area contributed by atoms with Crippen LogP contribution in [0.15, 0.2) is 59.4 Å². The van der Waals surface area contributed by atoms with Gasteiger partial charge in [-0.2, -0.15) is 0 Å². The molecule has 0 radical (unpaired) electrons. The number of aliphatic carboxylic acids is 1. The number of hydrogen-bond acceptors (Lipinski definition) is 6. The Kier molecular flexibility index (Phi) is 6.17. The summed E-state index contributed by atoms with van der Waals surface area (Å²) in [6.07, 6.45) is 0.513. The highest BCUT2D eigenvalue weighted by atomic mass is 16.5. The molecular formula is C25H23NO7. The number of carbonyl (C=O) groups excluding carboxylic acids is 1. The van der Waals surface area contributed by atoms with Crippen LogP contribution in [0.25, 0.3) is 0 Å². The third kappa shape index (κ3) is 4.74. The Balaban J connectivity index is 1.73. The van der Waals surface area contributed by atoms with E-state index in [-0.39, 0.29) is 23.5 Å². The third-order valence-electron chi connectivity index (χ3n) is 5.66. The van der Waals surface area contributed by atoms with Crippen LogP contribution >= 0.6 is 0 Å². The number of phenolic OH excluding ortho intramolecular Hbond substituents is 1. The van der Waals surface area contributed by atoms with Crippen LogP contribution in [0.5, 0.6) is 17.2 Å². The van der Waals surface area contributed by atoms with Crippen LogP contribution in [0.1, 0.15) is 34.7 Å². The van der Waals surface area contributed by atoms with E-state index >= 15 is 0 Å². The lowest BCUT2D eigenvalue weighted by Crippen LogP contribution is -2.33. The highest BCUT2D eigenvalue weighted by molar-refractivity contribution is 5.78. The number of pyridine rings is 1. The Labute approximate surface area is 189 Å². The van der Waals surface area contributed by atoms with Crippen molar-refractivity contribution < 1.29 is 29.3 Å². The predicted molar refractivity (Wildman–Crippen MR) is 119 cm³/mol. The molecule has 1 aliphatic rings. The van der Waals surface area contributed by atoms with Gasteiger partial charge in [0.15, 0.2) is 6.61 Å². The molecule has 170 valence electrons. The van der Waals surface area contributed by atoms with Gasteiger partial charge in [0, 0.05) is 29.8 Å². The van der Waals surface area contributed by atoms with Gasteiger partial charge in [-0.05, 0) is 37.1 Å². The number of aromatic nitrogens is 1. The molecule has 0 spiro atoms. The van der Waals surface area contributed by atoms with Crippen molar-refractivity contribution in [1.29, 1.82) is 0 Å². The van der Waals surface area contributed by atoms with Crippen LogP contribution < -0.4 is 15.0 Å². The van der Waals surface area contributed by atoms with Crippen LogP contribution in [0, 0.1) is 6.92 Å². The zero-order chi connectivity index (χ0) is 23.5. The Morgan fingerprint density at radius 3 is 2.61 bits per heavy atom. The molecule has 1 aromatic heterocycles. The summed E-state index contributed by atoms with van der Waals surface area (Å²) in [6.45, 7) is 1.65. The van der Waals surface area contributed by atoms with E-state index in [0.29, 0.717) is 35.5 Å². The summed E-state index contributed by atoms with van der Waals surface area (Å²) >= 11 is 0. The first-order valence-electron chi connectivity index (χ1n) is 10.5. The number of fused-ring (bicyclic) bond motifs is 1. The zero-order valence-corrected chi connectivity index (χ0v) is 18.0. The zero-order valence-electron chi connectivity index (χ0n) is 18.0. The van der Waals surface area contributed by atoms with Gasteiger partial charge in [0.05, 0.1) is 12.0 Å². The molecule has 0 amide bonds. The molecule has 8 nitrogen and oxygen atoms in total. The van der Waals surface area contributed by atoms with E-state index in [0.717, 1.165) is 5.56 Å². The van der Waals surface area contributed by atoms with Gasteiger partial charge in [-0.15, -0.1) is 0 Å². The fourth-order valence-corrected chi connectivity index (χ4v) is 4.08. The van der Waals surface area contributed by atoms with Crippen molar-refractivity contribution in [3.63, 3.8) is 0 Å². The number of ether oxygens (including phenoxy) is 2. The van der Waals surface area contributed by atoms with Crippen molar-refractivity contribution >= 4 is 11.9 Å². The molecule has 33 heavy (non-hydrogen) atoms. The minimum absolute atomic E-state index is 0.0588. The fourth-order valence-electron chi connectivity index (χ4n) is 4.08. The molecule has 0 saturated carbocycles. The smallest absolute Gasteiger partial charge is 0.341 e. The van der Waals surface area contributed by atoms with Crippen molar-refractivity contribution in [3.8, 4) is 17.2 Å². The molecular weight excluding hydrogens is 426 g/mol. The number of rotatable bonds is 7. The second-order valence-electron chi connectivity index (χ2n) is 7.89. The molecule has 1 aliphatic heterocycles. The summed E-state index contributed by atoms with van der Waals surface area (Å²) in [7, 11) is 0. The van der Waals surface area contributed by atoms with Crippen molar-refractivity contribution in [2.75, 3.05) is 6.61 Å². The maximum absolute atomic E-state index is 13.6. The lowest BCUT2D eigenvalue weighted by Gasteiger charge is -2.27. The molecule has 3 aromatic rings. The SMILES string of the molecule is Cc1cc2c(c(=O)n1CCc1ccc(O)cc1)[C@H](c1ccccc1OCC(=O)O)CC(=O)O2. The van der Waals surface area contributed by atoms with Crippen LogP contribution in [-0.4, -0.2) is 33.3 Å². The number of benzene rings is 2. The van der Waals surface area contributed by atoms with E-state index in [1.807, 2.05) is 0 Å². The van der Waals surface area contributed by atoms with Crippen LogP contribution in [0.4, 0.5) is 0 Å². The number of phenols is 1. The topological polar surface area (TPSA) is 115 Å². The quantitative estimate of drug-likeness (QED) is 0.533. The van der Waals surface area contributed by atoms with E-state index in [1.54, 1.807) is 66.1 Å². The Morgan fingerprint density at radius 2 is 1.88 bits per heavy atom. The monoisotopic (exact) mass is 449 g/mol. The van der Waals surface area contributed by atoms with Gasteiger partial charge in [0.25, 0.3) is 5.56 Å². The standard InChI is InChI=1S/C25H23NO7/c1-15-12-21-24(25(31)26(15)11-10-16-6-8-17(27)9-7-16)19(13-23(30)33-21)18-4-2-3-5-20(18)32-14-22(28)29/h2-9,12,19,27H,10-11,13-14H2,1H3,(H,28,29)/t19-/m0/s1. The van der Waals surface area contributed by atoms with Gasteiger partial charge in [-0.3, -0.25) is 9.59 Å². The lowest BCUT2D eigenvalue weighted by molar-refractivity contribution is -0.139. The van der Waals surface area contributed by atoms with E-state index in [1.165, 1.54) is 0 Å². The van der Waals surface area contributed by atoms with Gasteiger partial charge >= 0.3 is 11.9 Å². The average Bonchev–Trinajstić information content (AvgIpc) is 2.78. The summed E-state index contributed by atoms with van der Waals surface area (Å²) in [4.78, 5) is 36.9. The normalized spacial score (nSPS) is 14.9. The maximum atomic E-state index is 13.6. The molecule has 8 heteroatoms. The number of carbonyl (C=O) groups is 2. The second kappa shape index (κ2) is 9.20. The second-order valence-corrected chi connectivity index (χ2v) is 7.89. The first-order chi connectivity index (χ1) is 15.8. The van der Waals surface area contributed by atoms with Crippen LogP contribution in [0.2, 0.25) is 0 Å². The lowest BCUT2D eigenvalue weighted by atomic mass is 9.86. The Hall–Kier alpha value is -4.07. The number of carboxylic acids is 1. The van der Waals surface area contributed by atoms with Gasteiger partial charge in [0.1, 0.15) is 17.2 Å². The maximum Gasteiger partial charge on any atom is 0.341 e. The minimum atomic E-state index is -1.12. The molecule has 4 rings (SSSR count). The minimum Gasteiger partial charge on any atom is -0.508 e. The van der Waals surface area contributed by atoms with Crippen LogP contribution in [-0.2, 0) is 22.6 Å². The first kappa shape index (κ1) is 22.1. The summed E-state index contributed by atoms with van der Waals surface area (Å²) in [5, 5.41) is 18.5. The van der Waals surface area contributed by atoms with Gasteiger partial charge < -0.3 is 24.3 Å².